The van der Waals surface area contributed by atoms with Gasteiger partial charge in [-0.25, -0.2) is 4.39 Å². The third kappa shape index (κ3) is 5.63. The second-order valence-corrected chi connectivity index (χ2v) is 1.71. The van der Waals surface area contributed by atoms with Crippen molar-refractivity contribution in [3.8, 4) is 0 Å². The van der Waals surface area contributed by atoms with Gasteiger partial charge in [0.15, 0.2) is 0 Å². The predicted octanol–water partition coefficient (Wildman–Crippen LogP) is 1.84. The molecule has 0 aliphatic carbocycles. The predicted molar refractivity (Wildman–Crippen MR) is 33.4 cm³/mol. The van der Waals surface area contributed by atoms with Crippen molar-refractivity contribution in [2.45, 2.75) is 26.7 Å². The number of hydrogen-bond donors (Lipinski definition) is 0. The van der Waals surface area contributed by atoms with Gasteiger partial charge in [0, 0.05) is 0 Å². The summed E-state index contributed by atoms with van der Waals surface area (Å²) < 4.78 is 11.4. The molecule has 0 heterocycles. The molecule has 0 fully saturated rings. The fourth-order valence-corrected chi connectivity index (χ4v) is 0.449. The van der Waals surface area contributed by atoms with Crippen LogP contribution in [0.25, 0.3) is 0 Å². The highest BCUT2D eigenvalue weighted by atomic mass is 19.1. The van der Waals surface area contributed by atoms with Gasteiger partial charge in [0.25, 0.3) is 0 Å². The highest BCUT2D eigenvalue weighted by Crippen LogP contribution is 2.01. The van der Waals surface area contributed by atoms with Gasteiger partial charge in [-0.15, -0.1) is 0 Å². The molecule has 0 bridgehead atoms. The highest BCUT2D eigenvalue weighted by molar-refractivity contribution is 4.90. The Bertz CT molecular complexity index is 68.9. The van der Waals surface area contributed by atoms with Crippen molar-refractivity contribution in [1.82, 2.24) is 0 Å². The quantitative estimate of drug-likeness (QED) is 0.532. The van der Waals surface area contributed by atoms with Crippen molar-refractivity contribution < 1.29 is 9.87 Å². The fraction of sp³-hybridized carbons (Fsp3) is 0.667. The molecular formula is C6H13FO. The first kappa shape index (κ1) is 10.6. The molecule has 0 saturated carbocycles. The topological polar surface area (TPSA) is 31.5 Å². The fourth-order valence-electron chi connectivity index (χ4n) is 0.449. The summed E-state index contributed by atoms with van der Waals surface area (Å²) in [7, 11) is 0. The lowest BCUT2D eigenvalue weighted by Gasteiger charge is -1.88. The van der Waals surface area contributed by atoms with E-state index < -0.39 is 0 Å². The van der Waals surface area contributed by atoms with Crippen molar-refractivity contribution in [2.75, 3.05) is 0 Å². The molecule has 0 aromatic heterocycles. The molecule has 0 amide bonds. The Kier molecular flexibility index (Phi) is 8.77. The van der Waals surface area contributed by atoms with Crippen LogP contribution in [0.5, 0.6) is 0 Å². The zero-order valence-corrected chi connectivity index (χ0v) is 5.37. The van der Waals surface area contributed by atoms with Crippen LogP contribution in [0.2, 0.25) is 0 Å². The van der Waals surface area contributed by atoms with Gasteiger partial charge >= 0.3 is 0 Å². The molecule has 0 aromatic carbocycles. The van der Waals surface area contributed by atoms with Crippen molar-refractivity contribution in [3.05, 3.63) is 11.9 Å². The summed E-state index contributed by atoms with van der Waals surface area (Å²) in [5.41, 5.74) is 0.836. The van der Waals surface area contributed by atoms with Crippen LogP contribution in [0.4, 0.5) is 4.39 Å². The molecule has 0 spiro atoms. The van der Waals surface area contributed by atoms with E-state index in [0.717, 1.165) is 18.4 Å². The van der Waals surface area contributed by atoms with Crippen LogP contribution in [0, 0.1) is 0 Å². The lowest BCUT2D eigenvalue weighted by molar-refractivity contribution is 0.696. The molecule has 2 heteroatoms. The van der Waals surface area contributed by atoms with Crippen molar-refractivity contribution in [3.63, 3.8) is 0 Å². The number of rotatable bonds is 2. The van der Waals surface area contributed by atoms with Gasteiger partial charge in [-0.2, -0.15) is 0 Å². The van der Waals surface area contributed by atoms with Crippen LogP contribution < -0.4 is 0 Å². The van der Waals surface area contributed by atoms with Crippen LogP contribution >= 0.6 is 0 Å². The number of hydrogen-bond acceptors (Lipinski definition) is 0. The van der Waals surface area contributed by atoms with Gasteiger partial charge in [-0.1, -0.05) is 13.3 Å². The van der Waals surface area contributed by atoms with Crippen molar-refractivity contribution in [2.24, 2.45) is 0 Å². The Morgan fingerprint density at radius 1 is 1.62 bits per heavy atom. The van der Waals surface area contributed by atoms with E-state index in [4.69, 9.17) is 0 Å². The van der Waals surface area contributed by atoms with E-state index in [1.807, 2.05) is 6.92 Å². The number of allylic oxidation sites excluding steroid dienone is 1. The maximum absolute atomic E-state index is 11.4. The summed E-state index contributed by atoms with van der Waals surface area (Å²) >= 11 is 0. The Morgan fingerprint density at radius 3 is 2.25 bits per heavy atom. The van der Waals surface area contributed by atoms with Gasteiger partial charge in [0.1, 0.15) is 0 Å². The van der Waals surface area contributed by atoms with Crippen LogP contribution in [0.1, 0.15) is 26.7 Å². The first-order chi connectivity index (χ1) is 3.31. The number of halogens is 1. The molecule has 2 N–H and O–H groups in total. The molecule has 0 unspecified atom stereocenters. The third-order valence-corrected chi connectivity index (χ3v) is 0.831. The normalized spacial score (nSPS) is 10.6. The monoisotopic (exact) mass is 120 g/mol. The summed E-state index contributed by atoms with van der Waals surface area (Å²) in [4.78, 5) is 0. The molecule has 0 radical (unpaired) electrons. The molecule has 0 aliphatic heterocycles. The van der Waals surface area contributed by atoms with E-state index in [2.05, 4.69) is 0 Å². The van der Waals surface area contributed by atoms with Crippen LogP contribution in [0.3, 0.4) is 0 Å². The largest absolute Gasteiger partial charge is 0.412 e. The van der Waals surface area contributed by atoms with E-state index in [1.165, 1.54) is 0 Å². The first-order valence-electron chi connectivity index (χ1n) is 2.57. The SMILES string of the molecule is CCCC(C)=CF.O. The molecular weight excluding hydrogens is 107 g/mol. The molecule has 0 aliphatic rings. The van der Waals surface area contributed by atoms with Crippen LogP contribution in [-0.4, -0.2) is 5.48 Å². The Morgan fingerprint density at radius 2 is 2.12 bits per heavy atom. The summed E-state index contributed by atoms with van der Waals surface area (Å²) in [6, 6.07) is 0. The third-order valence-electron chi connectivity index (χ3n) is 0.831. The minimum absolute atomic E-state index is 0. The van der Waals surface area contributed by atoms with Crippen molar-refractivity contribution in [1.29, 1.82) is 0 Å². The molecule has 0 atom stereocenters. The van der Waals surface area contributed by atoms with Gasteiger partial charge in [0.2, 0.25) is 0 Å². The van der Waals surface area contributed by atoms with Crippen LogP contribution in [0.15, 0.2) is 11.9 Å². The minimum atomic E-state index is 0. The van der Waals surface area contributed by atoms with E-state index in [-0.39, 0.29) is 5.48 Å². The lowest BCUT2D eigenvalue weighted by atomic mass is 10.2. The Labute approximate surface area is 49.5 Å². The zero-order chi connectivity index (χ0) is 5.70. The molecule has 0 aromatic rings. The van der Waals surface area contributed by atoms with E-state index in [1.54, 1.807) is 6.92 Å². The molecule has 8 heavy (non-hydrogen) atoms. The summed E-state index contributed by atoms with van der Waals surface area (Å²) in [5.74, 6) is 0. The minimum Gasteiger partial charge on any atom is -0.412 e. The van der Waals surface area contributed by atoms with Gasteiger partial charge in [-0.3, -0.25) is 0 Å². The second-order valence-electron chi connectivity index (χ2n) is 1.71. The standard InChI is InChI=1S/C6H11F.H2O/c1-3-4-6(2)5-7;/h5H,3-4H2,1-2H3;1H2. The maximum Gasteiger partial charge on any atom is 0.0856 e. The smallest absolute Gasteiger partial charge is 0.0856 e. The van der Waals surface area contributed by atoms with Crippen molar-refractivity contribution >= 4 is 0 Å². The van der Waals surface area contributed by atoms with E-state index in [0.29, 0.717) is 6.33 Å². The Balaban J connectivity index is 0. The van der Waals surface area contributed by atoms with Crippen LogP contribution in [-0.2, 0) is 0 Å². The first-order valence-corrected chi connectivity index (χ1v) is 2.57. The summed E-state index contributed by atoms with van der Waals surface area (Å²) in [6.45, 7) is 3.83. The lowest BCUT2D eigenvalue weighted by Crippen LogP contribution is -1.69. The van der Waals surface area contributed by atoms with Gasteiger partial charge in [0.05, 0.1) is 6.33 Å². The summed E-state index contributed by atoms with van der Waals surface area (Å²) in [5, 5.41) is 0. The Hall–Kier alpha value is -0.370. The van der Waals surface area contributed by atoms with Gasteiger partial charge < -0.3 is 5.48 Å². The maximum atomic E-state index is 11.4. The molecule has 50 valence electrons. The summed E-state index contributed by atoms with van der Waals surface area (Å²) in [6.07, 6.45) is 2.59. The average molecular weight is 120 g/mol. The van der Waals surface area contributed by atoms with E-state index >= 15 is 0 Å². The highest BCUT2D eigenvalue weighted by Gasteiger charge is 1.82. The molecule has 1 nitrogen and oxygen atoms in total. The molecule has 0 saturated heterocycles. The van der Waals surface area contributed by atoms with E-state index in [9.17, 15) is 4.39 Å². The second kappa shape index (κ2) is 6.63. The average Bonchev–Trinajstić information content (AvgIpc) is 1.68. The molecule has 0 rings (SSSR count). The zero-order valence-electron chi connectivity index (χ0n) is 5.37. The van der Waals surface area contributed by atoms with Gasteiger partial charge in [-0.05, 0) is 18.9 Å².